The molecule has 17 heavy (non-hydrogen) atoms. The largest absolute Gasteiger partial charge is 0.364 e. The lowest BCUT2D eigenvalue weighted by Crippen LogP contribution is -2.55. The van der Waals surface area contributed by atoms with Crippen LogP contribution in [0.15, 0.2) is 18.5 Å². The first-order valence-corrected chi connectivity index (χ1v) is 6.70. The molecule has 0 aromatic carbocycles. The Morgan fingerprint density at radius 1 is 1.29 bits per heavy atom. The predicted molar refractivity (Wildman–Crippen MR) is 70.1 cm³/mol. The molecule has 2 unspecified atom stereocenters. The second kappa shape index (κ2) is 4.30. The van der Waals surface area contributed by atoms with Gasteiger partial charge in [0.25, 0.3) is 0 Å². The molecular weight excluding hydrogens is 210 g/mol. The maximum absolute atomic E-state index is 6.16. The Hall–Kier alpha value is -1.09. The zero-order valence-electron chi connectivity index (χ0n) is 10.5. The van der Waals surface area contributed by atoms with Crippen LogP contribution in [0.3, 0.4) is 0 Å². The minimum Gasteiger partial charge on any atom is -0.364 e. The van der Waals surface area contributed by atoms with Crippen molar-refractivity contribution in [1.82, 2.24) is 4.98 Å². The summed E-state index contributed by atoms with van der Waals surface area (Å²) in [7, 11) is 0. The van der Waals surface area contributed by atoms with Crippen LogP contribution in [0.4, 0.5) is 5.69 Å². The summed E-state index contributed by atoms with van der Waals surface area (Å²) in [6, 6.07) is 3.79. The third-order valence-corrected chi connectivity index (χ3v) is 4.30. The second-order valence-corrected chi connectivity index (χ2v) is 5.54. The van der Waals surface area contributed by atoms with E-state index < -0.39 is 0 Å². The number of aromatic nitrogens is 1. The molecule has 0 spiro atoms. The lowest BCUT2D eigenvalue weighted by Gasteiger charge is -2.50. The van der Waals surface area contributed by atoms with Gasteiger partial charge in [-0.1, -0.05) is 0 Å². The van der Waals surface area contributed by atoms with E-state index in [1.807, 2.05) is 12.4 Å². The van der Waals surface area contributed by atoms with Gasteiger partial charge in [0.2, 0.25) is 0 Å². The smallest absolute Gasteiger partial charge is 0.0587 e. The Morgan fingerprint density at radius 2 is 2.00 bits per heavy atom. The van der Waals surface area contributed by atoms with Gasteiger partial charge in [-0.05, 0) is 50.7 Å². The Bertz CT molecular complexity index is 390. The predicted octanol–water partition coefficient (Wildman–Crippen LogP) is 2.24. The molecule has 2 aliphatic heterocycles. The highest BCUT2D eigenvalue weighted by Gasteiger charge is 2.37. The minimum atomic E-state index is 0.401. The van der Waals surface area contributed by atoms with Crippen molar-refractivity contribution < 1.29 is 0 Å². The Balaban J connectivity index is 1.94. The van der Waals surface area contributed by atoms with Gasteiger partial charge in [0.15, 0.2) is 0 Å². The van der Waals surface area contributed by atoms with Gasteiger partial charge in [-0.25, -0.2) is 0 Å². The topological polar surface area (TPSA) is 42.2 Å². The number of hydrogen-bond donors (Lipinski definition) is 1. The van der Waals surface area contributed by atoms with E-state index in [4.69, 9.17) is 5.73 Å². The average molecular weight is 231 g/mol. The molecule has 0 radical (unpaired) electrons. The molecule has 2 fully saturated rings. The summed E-state index contributed by atoms with van der Waals surface area (Å²) in [6.45, 7) is 2.18. The van der Waals surface area contributed by atoms with Gasteiger partial charge in [-0.3, -0.25) is 4.98 Å². The van der Waals surface area contributed by atoms with E-state index in [1.54, 1.807) is 0 Å². The van der Waals surface area contributed by atoms with E-state index >= 15 is 0 Å². The van der Waals surface area contributed by atoms with Crippen molar-refractivity contribution in [2.75, 3.05) is 4.90 Å². The normalized spacial score (nSPS) is 32.6. The number of rotatable bonds is 1. The molecule has 3 heterocycles. The van der Waals surface area contributed by atoms with Crippen molar-refractivity contribution in [3.8, 4) is 0 Å². The molecule has 1 aromatic heterocycles. The van der Waals surface area contributed by atoms with Crippen LogP contribution in [-0.4, -0.2) is 23.1 Å². The summed E-state index contributed by atoms with van der Waals surface area (Å²) in [5, 5.41) is 0. The van der Waals surface area contributed by atoms with Gasteiger partial charge in [0.1, 0.15) is 0 Å². The molecule has 0 saturated carbocycles. The number of fused-ring (bicyclic) bond motifs is 2. The van der Waals surface area contributed by atoms with Gasteiger partial charge in [0.05, 0.1) is 11.9 Å². The lowest BCUT2D eigenvalue weighted by molar-refractivity contribution is 0.271. The Kier molecular flexibility index (Phi) is 2.79. The van der Waals surface area contributed by atoms with E-state index in [0.29, 0.717) is 18.1 Å². The van der Waals surface area contributed by atoms with Crippen LogP contribution < -0.4 is 10.6 Å². The van der Waals surface area contributed by atoms with Crippen LogP contribution >= 0.6 is 0 Å². The van der Waals surface area contributed by atoms with E-state index in [-0.39, 0.29) is 0 Å². The molecule has 0 aliphatic carbocycles. The Labute approximate surface area is 103 Å². The summed E-state index contributed by atoms with van der Waals surface area (Å²) in [5.41, 5.74) is 8.83. The van der Waals surface area contributed by atoms with Crippen LogP contribution in [0.25, 0.3) is 0 Å². The third-order valence-electron chi connectivity index (χ3n) is 4.30. The van der Waals surface area contributed by atoms with Crippen molar-refractivity contribution >= 4 is 5.69 Å². The monoisotopic (exact) mass is 231 g/mol. The first kappa shape index (κ1) is 11.0. The molecule has 0 amide bonds. The molecular formula is C14H21N3. The van der Waals surface area contributed by atoms with Crippen molar-refractivity contribution in [1.29, 1.82) is 0 Å². The molecule has 1 aromatic rings. The highest BCUT2D eigenvalue weighted by molar-refractivity contribution is 5.53. The first-order chi connectivity index (χ1) is 8.25. The van der Waals surface area contributed by atoms with E-state index in [1.165, 1.54) is 30.5 Å². The zero-order valence-corrected chi connectivity index (χ0v) is 10.5. The molecule has 2 bridgehead atoms. The maximum atomic E-state index is 6.16. The van der Waals surface area contributed by atoms with E-state index in [2.05, 4.69) is 22.9 Å². The summed E-state index contributed by atoms with van der Waals surface area (Å²) in [5.74, 6) is 0. The van der Waals surface area contributed by atoms with Gasteiger partial charge in [0, 0.05) is 24.3 Å². The highest BCUT2D eigenvalue weighted by Crippen LogP contribution is 2.38. The summed E-state index contributed by atoms with van der Waals surface area (Å²) < 4.78 is 0. The number of aryl methyl sites for hydroxylation is 1. The molecule has 2 aliphatic rings. The van der Waals surface area contributed by atoms with Crippen molar-refractivity contribution in [2.45, 2.75) is 57.2 Å². The van der Waals surface area contributed by atoms with Crippen molar-refractivity contribution in [3.63, 3.8) is 0 Å². The molecule has 2 saturated heterocycles. The van der Waals surface area contributed by atoms with Crippen LogP contribution in [0.1, 0.15) is 37.7 Å². The standard InChI is InChI=1S/C14H21N3/c1-10-5-6-16-9-14(10)17-12-3-2-4-13(17)8-11(15)7-12/h5-6,9,11-13H,2-4,7-8,15H2,1H3. The molecule has 3 rings (SSSR count). The van der Waals surface area contributed by atoms with E-state index in [9.17, 15) is 0 Å². The number of nitrogens with two attached hydrogens (primary N) is 1. The van der Waals surface area contributed by atoms with Gasteiger partial charge in [-0.15, -0.1) is 0 Å². The zero-order chi connectivity index (χ0) is 11.8. The van der Waals surface area contributed by atoms with Crippen molar-refractivity contribution in [3.05, 3.63) is 24.0 Å². The van der Waals surface area contributed by atoms with Gasteiger partial charge in [-0.2, -0.15) is 0 Å². The van der Waals surface area contributed by atoms with Gasteiger partial charge < -0.3 is 10.6 Å². The number of hydrogen-bond acceptors (Lipinski definition) is 3. The van der Waals surface area contributed by atoms with Crippen LogP contribution in [-0.2, 0) is 0 Å². The first-order valence-electron chi connectivity index (χ1n) is 6.70. The highest BCUT2D eigenvalue weighted by atomic mass is 15.2. The van der Waals surface area contributed by atoms with E-state index in [0.717, 1.165) is 12.8 Å². The fourth-order valence-corrected chi connectivity index (χ4v) is 3.54. The number of piperidine rings is 2. The second-order valence-electron chi connectivity index (χ2n) is 5.54. The molecule has 3 heteroatoms. The molecule has 3 nitrogen and oxygen atoms in total. The van der Waals surface area contributed by atoms with Crippen LogP contribution in [0.2, 0.25) is 0 Å². The van der Waals surface area contributed by atoms with Gasteiger partial charge >= 0.3 is 0 Å². The summed E-state index contributed by atoms with van der Waals surface area (Å²) in [6.07, 6.45) is 10.1. The van der Waals surface area contributed by atoms with Crippen molar-refractivity contribution in [2.24, 2.45) is 5.73 Å². The lowest BCUT2D eigenvalue weighted by atomic mass is 9.81. The minimum absolute atomic E-state index is 0.401. The Morgan fingerprint density at radius 3 is 2.65 bits per heavy atom. The summed E-state index contributed by atoms with van der Waals surface area (Å²) >= 11 is 0. The van der Waals surface area contributed by atoms with Crippen LogP contribution in [0, 0.1) is 6.92 Å². The molecule has 2 atom stereocenters. The fourth-order valence-electron chi connectivity index (χ4n) is 3.54. The average Bonchev–Trinajstić information content (AvgIpc) is 2.29. The number of nitrogens with zero attached hydrogens (tertiary/aromatic N) is 2. The fraction of sp³-hybridized carbons (Fsp3) is 0.643. The SMILES string of the molecule is Cc1ccncc1N1C2CCCC1CC(N)C2. The summed E-state index contributed by atoms with van der Waals surface area (Å²) in [4.78, 5) is 6.90. The molecule has 2 N–H and O–H groups in total. The number of anilines is 1. The maximum Gasteiger partial charge on any atom is 0.0587 e. The van der Waals surface area contributed by atoms with Crippen LogP contribution in [0.5, 0.6) is 0 Å². The third kappa shape index (κ3) is 1.93. The quantitative estimate of drug-likeness (QED) is 0.806. The number of pyridine rings is 1. The molecule has 92 valence electrons.